The minimum absolute atomic E-state index is 0.233. The minimum Gasteiger partial charge on any atom is -0.461 e. The molecule has 0 fully saturated rings. The molecule has 0 aromatic carbocycles. The summed E-state index contributed by atoms with van der Waals surface area (Å²) in [6, 6.07) is 5.33. The Morgan fingerprint density at radius 3 is 2.76 bits per heavy atom. The molecular formula is C13H9N7O. The molecule has 0 saturated carbocycles. The molecule has 0 aliphatic rings. The topological polar surface area (TPSA) is 108 Å². The zero-order valence-corrected chi connectivity index (χ0v) is 10.7. The molecule has 0 radical (unpaired) electrons. The summed E-state index contributed by atoms with van der Waals surface area (Å²) >= 11 is 0. The van der Waals surface area contributed by atoms with Gasteiger partial charge in [0.2, 0.25) is 11.8 Å². The fourth-order valence-corrected chi connectivity index (χ4v) is 2.00. The molecule has 0 aliphatic heterocycles. The van der Waals surface area contributed by atoms with E-state index in [0.717, 1.165) is 5.56 Å². The second-order valence-electron chi connectivity index (χ2n) is 4.31. The van der Waals surface area contributed by atoms with Crippen LogP contribution in [-0.4, -0.2) is 29.5 Å². The van der Waals surface area contributed by atoms with Gasteiger partial charge < -0.3 is 10.2 Å². The van der Waals surface area contributed by atoms with E-state index in [0.29, 0.717) is 22.9 Å². The second kappa shape index (κ2) is 4.37. The Bertz CT molecular complexity index is 899. The van der Waals surface area contributed by atoms with Crippen molar-refractivity contribution in [2.75, 3.05) is 5.73 Å². The van der Waals surface area contributed by atoms with Gasteiger partial charge in [0, 0.05) is 24.0 Å². The normalized spacial score (nSPS) is 11.0. The van der Waals surface area contributed by atoms with E-state index in [-0.39, 0.29) is 5.95 Å². The lowest BCUT2D eigenvalue weighted by Gasteiger charge is -2.02. The Morgan fingerprint density at radius 1 is 1.14 bits per heavy atom. The third-order valence-electron chi connectivity index (χ3n) is 2.95. The molecule has 0 saturated heterocycles. The van der Waals surface area contributed by atoms with Gasteiger partial charge >= 0.3 is 0 Å². The van der Waals surface area contributed by atoms with Crippen LogP contribution in [0.4, 0.5) is 5.95 Å². The van der Waals surface area contributed by atoms with E-state index < -0.39 is 0 Å². The standard InChI is InChI=1S/C13H9N7O/c14-13-17-9(8-5-15-7-16-6-8)4-11-18-12(19-20(11)13)10-2-1-3-21-10/h1-7H,(H2,14,17). The van der Waals surface area contributed by atoms with Gasteiger partial charge in [0.25, 0.3) is 0 Å². The fourth-order valence-electron chi connectivity index (χ4n) is 2.00. The first-order valence-corrected chi connectivity index (χ1v) is 6.14. The number of nitrogens with two attached hydrogens (primary N) is 1. The molecule has 4 aromatic rings. The molecule has 8 heteroatoms. The molecule has 0 atom stereocenters. The van der Waals surface area contributed by atoms with Crippen molar-refractivity contribution in [1.29, 1.82) is 0 Å². The van der Waals surface area contributed by atoms with Crippen LogP contribution in [0.2, 0.25) is 0 Å². The van der Waals surface area contributed by atoms with Crippen LogP contribution in [0.1, 0.15) is 0 Å². The van der Waals surface area contributed by atoms with Gasteiger partial charge in [-0.25, -0.2) is 19.9 Å². The molecule has 21 heavy (non-hydrogen) atoms. The van der Waals surface area contributed by atoms with E-state index in [1.807, 2.05) is 0 Å². The summed E-state index contributed by atoms with van der Waals surface area (Å²) in [7, 11) is 0. The molecule has 102 valence electrons. The first-order valence-electron chi connectivity index (χ1n) is 6.14. The second-order valence-corrected chi connectivity index (χ2v) is 4.31. The predicted molar refractivity (Wildman–Crippen MR) is 73.9 cm³/mol. The van der Waals surface area contributed by atoms with Crippen molar-refractivity contribution in [2.24, 2.45) is 0 Å². The van der Waals surface area contributed by atoms with Crippen LogP contribution in [0.25, 0.3) is 28.5 Å². The number of nitrogens with zero attached hydrogens (tertiary/aromatic N) is 6. The summed E-state index contributed by atoms with van der Waals surface area (Å²) in [5, 5.41) is 4.28. The summed E-state index contributed by atoms with van der Waals surface area (Å²) in [5.74, 6) is 1.26. The summed E-state index contributed by atoms with van der Waals surface area (Å²) in [5.41, 5.74) is 7.91. The third-order valence-corrected chi connectivity index (χ3v) is 2.95. The van der Waals surface area contributed by atoms with Crippen molar-refractivity contribution in [3.05, 3.63) is 43.2 Å². The molecular weight excluding hydrogens is 270 g/mol. The first kappa shape index (κ1) is 11.5. The number of hydrogen-bond acceptors (Lipinski definition) is 7. The fraction of sp³-hybridized carbons (Fsp3) is 0. The summed E-state index contributed by atoms with van der Waals surface area (Å²) < 4.78 is 6.75. The molecule has 8 nitrogen and oxygen atoms in total. The zero-order chi connectivity index (χ0) is 14.2. The van der Waals surface area contributed by atoms with Gasteiger partial charge in [0.15, 0.2) is 11.4 Å². The average Bonchev–Trinajstić information content (AvgIpc) is 3.17. The van der Waals surface area contributed by atoms with Gasteiger partial charge in [0.05, 0.1) is 12.0 Å². The van der Waals surface area contributed by atoms with Gasteiger partial charge in [-0.2, -0.15) is 4.52 Å². The third kappa shape index (κ3) is 1.89. The smallest absolute Gasteiger partial charge is 0.223 e. The molecule has 0 aliphatic carbocycles. The maximum absolute atomic E-state index is 5.94. The van der Waals surface area contributed by atoms with Gasteiger partial charge in [-0.1, -0.05) is 0 Å². The van der Waals surface area contributed by atoms with Gasteiger partial charge in [-0.15, -0.1) is 5.10 Å². The molecule has 0 bridgehead atoms. The van der Waals surface area contributed by atoms with Crippen molar-refractivity contribution >= 4 is 11.6 Å². The van der Waals surface area contributed by atoms with Crippen LogP contribution < -0.4 is 5.73 Å². The highest BCUT2D eigenvalue weighted by molar-refractivity contribution is 5.65. The highest BCUT2D eigenvalue weighted by atomic mass is 16.3. The Balaban J connectivity index is 1.90. The van der Waals surface area contributed by atoms with Crippen LogP contribution in [-0.2, 0) is 0 Å². The Labute approximate surface area is 118 Å². The number of rotatable bonds is 2. The van der Waals surface area contributed by atoms with Gasteiger partial charge in [0.1, 0.15) is 6.33 Å². The Hall–Kier alpha value is -3.29. The Kier molecular flexibility index (Phi) is 2.40. The van der Waals surface area contributed by atoms with E-state index in [4.69, 9.17) is 10.2 Å². The van der Waals surface area contributed by atoms with Gasteiger partial charge in [-0.3, -0.25) is 0 Å². The van der Waals surface area contributed by atoms with Crippen LogP contribution in [0.15, 0.2) is 47.6 Å². The lowest BCUT2D eigenvalue weighted by molar-refractivity contribution is 0.577. The van der Waals surface area contributed by atoms with Crippen molar-refractivity contribution in [3.63, 3.8) is 0 Å². The molecule has 4 aromatic heterocycles. The largest absolute Gasteiger partial charge is 0.461 e. The van der Waals surface area contributed by atoms with Crippen LogP contribution in [0.3, 0.4) is 0 Å². The van der Waals surface area contributed by atoms with E-state index in [1.54, 1.807) is 36.9 Å². The van der Waals surface area contributed by atoms with Crippen LogP contribution in [0.5, 0.6) is 0 Å². The zero-order valence-electron chi connectivity index (χ0n) is 10.7. The van der Waals surface area contributed by atoms with Crippen molar-refractivity contribution in [3.8, 4) is 22.8 Å². The number of hydrogen-bond donors (Lipinski definition) is 1. The number of aromatic nitrogens is 6. The number of furan rings is 1. The molecule has 0 amide bonds. The monoisotopic (exact) mass is 279 g/mol. The summed E-state index contributed by atoms with van der Waals surface area (Å²) in [6.45, 7) is 0. The van der Waals surface area contributed by atoms with Crippen molar-refractivity contribution in [1.82, 2.24) is 29.5 Å². The van der Waals surface area contributed by atoms with E-state index >= 15 is 0 Å². The summed E-state index contributed by atoms with van der Waals surface area (Å²) in [6.07, 6.45) is 6.34. The molecule has 2 N–H and O–H groups in total. The first-order chi connectivity index (χ1) is 10.3. The van der Waals surface area contributed by atoms with E-state index in [1.165, 1.54) is 10.8 Å². The van der Waals surface area contributed by atoms with Crippen molar-refractivity contribution in [2.45, 2.75) is 0 Å². The molecule has 4 heterocycles. The number of nitrogen functional groups attached to an aromatic ring is 1. The maximum atomic E-state index is 5.94. The molecule has 0 spiro atoms. The van der Waals surface area contributed by atoms with Crippen LogP contribution >= 0.6 is 0 Å². The highest BCUT2D eigenvalue weighted by Gasteiger charge is 2.13. The average molecular weight is 279 g/mol. The highest BCUT2D eigenvalue weighted by Crippen LogP contribution is 2.21. The van der Waals surface area contributed by atoms with E-state index in [9.17, 15) is 0 Å². The van der Waals surface area contributed by atoms with E-state index in [2.05, 4.69) is 25.0 Å². The predicted octanol–water partition coefficient (Wildman–Crippen LogP) is 1.42. The summed E-state index contributed by atoms with van der Waals surface area (Å²) in [4.78, 5) is 16.6. The molecule has 4 rings (SSSR count). The molecule has 0 unspecified atom stereocenters. The maximum Gasteiger partial charge on any atom is 0.223 e. The lowest BCUT2D eigenvalue weighted by Crippen LogP contribution is -2.03. The van der Waals surface area contributed by atoms with Crippen LogP contribution in [0, 0.1) is 0 Å². The SMILES string of the molecule is Nc1nc(-c2cncnc2)cc2nc(-c3ccco3)nn12. The number of anilines is 1. The lowest BCUT2D eigenvalue weighted by atomic mass is 10.2. The van der Waals surface area contributed by atoms with Gasteiger partial charge in [-0.05, 0) is 12.1 Å². The minimum atomic E-state index is 0.233. The van der Waals surface area contributed by atoms with Crippen molar-refractivity contribution < 1.29 is 4.42 Å². The Morgan fingerprint density at radius 2 is 2.00 bits per heavy atom. The quantitative estimate of drug-likeness (QED) is 0.591. The number of fused-ring (bicyclic) bond motifs is 1.